The van der Waals surface area contributed by atoms with Crippen LogP contribution in [0.15, 0.2) is 45.5 Å². The molecule has 1 unspecified atom stereocenters. The van der Waals surface area contributed by atoms with Crippen LogP contribution in [0, 0.1) is 6.92 Å². The minimum atomic E-state index is 0.220. The van der Waals surface area contributed by atoms with Crippen LogP contribution < -0.4 is 5.73 Å². The third kappa shape index (κ3) is 3.39. The molecule has 0 radical (unpaired) electrons. The van der Waals surface area contributed by atoms with E-state index in [-0.39, 0.29) is 6.04 Å². The van der Waals surface area contributed by atoms with E-state index in [4.69, 9.17) is 10.2 Å². The fraction of sp³-hybridized carbons (Fsp3) is 0.412. The average Bonchev–Trinajstić information content (AvgIpc) is 3.18. The van der Waals surface area contributed by atoms with Crippen molar-refractivity contribution < 1.29 is 4.42 Å². The summed E-state index contributed by atoms with van der Waals surface area (Å²) >= 11 is 3.70. The molecule has 0 bridgehead atoms. The monoisotopic (exact) mass is 348 g/mol. The molecule has 0 amide bonds. The lowest BCUT2D eigenvalue weighted by Gasteiger charge is -2.31. The van der Waals surface area contributed by atoms with E-state index >= 15 is 0 Å². The lowest BCUT2D eigenvalue weighted by atomic mass is 10.0. The molecule has 1 saturated carbocycles. The van der Waals surface area contributed by atoms with Crippen molar-refractivity contribution in [2.75, 3.05) is 6.54 Å². The van der Waals surface area contributed by atoms with Crippen LogP contribution in [0.1, 0.15) is 35.8 Å². The smallest absolute Gasteiger partial charge is 0.117 e. The van der Waals surface area contributed by atoms with Gasteiger partial charge in [-0.05, 0) is 49.1 Å². The Morgan fingerprint density at radius 3 is 2.76 bits per heavy atom. The van der Waals surface area contributed by atoms with Gasteiger partial charge in [-0.3, -0.25) is 4.90 Å². The summed E-state index contributed by atoms with van der Waals surface area (Å²) in [6, 6.07) is 11.3. The Kier molecular flexibility index (Phi) is 4.48. The number of hydrogen-bond acceptors (Lipinski definition) is 3. The highest BCUT2D eigenvalue weighted by Gasteiger charge is 2.35. The molecule has 1 aromatic heterocycles. The fourth-order valence-electron chi connectivity index (χ4n) is 2.83. The molecule has 1 aliphatic rings. The SMILES string of the molecule is Cc1ccc(C(CN)N(Cc2ccco2)C2CC2)c(Br)c1. The van der Waals surface area contributed by atoms with Crippen molar-refractivity contribution >= 4 is 15.9 Å². The van der Waals surface area contributed by atoms with Gasteiger partial charge < -0.3 is 10.2 Å². The number of rotatable bonds is 6. The van der Waals surface area contributed by atoms with E-state index in [1.807, 2.05) is 12.1 Å². The van der Waals surface area contributed by atoms with Gasteiger partial charge in [0.25, 0.3) is 0 Å². The first-order valence-corrected chi connectivity index (χ1v) is 8.22. The fourth-order valence-corrected chi connectivity index (χ4v) is 3.58. The van der Waals surface area contributed by atoms with E-state index in [2.05, 4.69) is 46.0 Å². The van der Waals surface area contributed by atoms with Crippen molar-refractivity contribution in [3.05, 3.63) is 58.0 Å². The molecule has 0 spiro atoms. The minimum Gasteiger partial charge on any atom is -0.468 e. The van der Waals surface area contributed by atoms with Gasteiger partial charge in [0, 0.05) is 23.1 Å². The summed E-state index contributed by atoms with van der Waals surface area (Å²) < 4.78 is 6.67. The highest BCUT2D eigenvalue weighted by molar-refractivity contribution is 9.10. The van der Waals surface area contributed by atoms with Crippen LogP contribution in [0.5, 0.6) is 0 Å². The van der Waals surface area contributed by atoms with Crippen LogP contribution in [-0.4, -0.2) is 17.5 Å². The summed E-state index contributed by atoms with van der Waals surface area (Å²) in [5.41, 5.74) is 8.63. The predicted molar refractivity (Wildman–Crippen MR) is 87.9 cm³/mol. The van der Waals surface area contributed by atoms with Gasteiger partial charge in [-0.1, -0.05) is 28.1 Å². The van der Waals surface area contributed by atoms with Crippen LogP contribution >= 0.6 is 15.9 Å². The van der Waals surface area contributed by atoms with Gasteiger partial charge in [-0.15, -0.1) is 0 Å². The summed E-state index contributed by atoms with van der Waals surface area (Å²) in [6.07, 6.45) is 4.24. The third-order valence-electron chi connectivity index (χ3n) is 4.07. The molecule has 0 saturated heterocycles. The molecule has 2 N–H and O–H groups in total. The van der Waals surface area contributed by atoms with Crippen molar-refractivity contribution in [1.29, 1.82) is 0 Å². The quantitative estimate of drug-likeness (QED) is 0.857. The maximum Gasteiger partial charge on any atom is 0.117 e. The molecule has 3 rings (SSSR count). The second-order valence-corrected chi connectivity index (χ2v) is 6.61. The lowest BCUT2D eigenvalue weighted by Crippen LogP contribution is -2.35. The number of nitrogens with zero attached hydrogens (tertiary/aromatic N) is 1. The Hall–Kier alpha value is -1.10. The lowest BCUT2D eigenvalue weighted by molar-refractivity contribution is 0.167. The molecular formula is C17H21BrN2O. The summed E-state index contributed by atoms with van der Waals surface area (Å²) in [7, 11) is 0. The number of halogens is 1. The number of nitrogens with two attached hydrogens (primary N) is 1. The second-order valence-electron chi connectivity index (χ2n) is 5.76. The van der Waals surface area contributed by atoms with E-state index in [0.29, 0.717) is 12.6 Å². The van der Waals surface area contributed by atoms with Crippen LogP contribution in [0.3, 0.4) is 0 Å². The van der Waals surface area contributed by atoms with Crippen molar-refractivity contribution in [3.8, 4) is 0 Å². The third-order valence-corrected chi connectivity index (χ3v) is 4.76. The van der Waals surface area contributed by atoms with Gasteiger partial charge in [0.1, 0.15) is 5.76 Å². The highest BCUT2D eigenvalue weighted by Crippen LogP contribution is 2.37. The molecule has 0 aliphatic heterocycles. The molecule has 2 aromatic rings. The molecule has 1 aromatic carbocycles. The predicted octanol–water partition coefficient (Wildman–Crippen LogP) is 4.01. The number of furan rings is 1. The molecule has 1 heterocycles. The zero-order valence-electron chi connectivity index (χ0n) is 12.3. The van der Waals surface area contributed by atoms with E-state index in [9.17, 15) is 0 Å². The Morgan fingerprint density at radius 1 is 1.38 bits per heavy atom. The Labute approximate surface area is 134 Å². The molecular weight excluding hydrogens is 328 g/mol. The van der Waals surface area contributed by atoms with Gasteiger partial charge in [-0.2, -0.15) is 0 Å². The van der Waals surface area contributed by atoms with Crippen LogP contribution in [-0.2, 0) is 6.54 Å². The number of benzene rings is 1. The largest absolute Gasteiger partial charge is 0.468 e. The van der Waals surface area contributed by atoms with E-state index < -0.39 is 0 Å². The first-order valence-electron chi connectivity index (χ1n) is 7.43. The van der Waals surface area contributed by atoms with Crippen molar-refractivity contribution in [2.45, 2.75) is 38.4 Å². The Morgan fingerprint density at radius 2 is 2.19 bits per heavy atom. The first-order chi connectivity index (χ1) is 10.2. The van der Waals surface area contributed by atoms with Crippen molar-refractivity contribution in [2.24, 2.45) is 5.73 Å². The first kappa shape index (κ1) is 14.8. The molecule has 1 fully saturated rings. The topological polar surface area (TPSA) is 42.4 Å². The van der Waals surface area contributed by atoms with Crippen LogP contribution in [0.25, 0.3) is 0 Å². The van der Waals surface area contributed by atoms with Gasteiger partial charge in [0.2, 0.25) is 0 Å². The molecule has 4 heteroatoms. The molecule has 3 nitrogen and oxygen atoms in total. The summed E-state index contributed by atoms with van der Waals surface area (Å²) in [5, 5.41) is 0. The molecule has 21 heavy (non-hydrogen) atoms. The van der Waals surface area contributed by atoms with Crippen LogP contribution in [0.4, 0.5) is 0 Å². The maximum absolute atomic E-state index is 6.11. The maximum atomic E-state index is 6.11. The Balaban J connectivity index is 1.88. The van der Waals surface area contributed by atoms with Gasteiger partial charge in [0.15, 0.2) is 0 Å². The second kappa shape index (κ2) is 6.34. The molecule has 1 aliphatic carbocycles. The summed E-state index contributed by atoms with van der Waals surface area (Å²) in [6.45, 7) is 3.53. The molecule has 1 atom stereocenters. The minimum absolute atomic E-state index is 0.220. The summed E-state index contributed by atoms with van der Waals surface area (Å²) in [4.78, 5) is 2.48. The van der Waals surface area contributed by atoms with Crippen molar-refractivity contribution in [3.63, 3.8) is 0 Å². The number of aryl methyl sites for hydroxylation is 1. The number of hydrogen-bond donors (Lipinski definition) is 1. The zero-order chi connectivity index (χ0) is 14.8. The molecule has 112 valence electrons. The van der Waals surface area contributed by atoms with Crippen LogP contribution in [0.2, 0.25) is 0 Å². The van der Waals surface area contributed by atoms with E-state index in [1.165, 1.54) is 24.0 Å². The van der Waals surface area contributed by atoms with Gasteiger partial charge in [-0.25, -0.2) is 0 Å². The normalized spacial score (nSPS) is 16.4. The standard InChI is InChI=1S/C17H21BrN2O/c1-12-4-7-15(16(18)9-12)17(10-19)20(13-5-6-13)11-14-3-2-8-21-14/h2-4,7-9,13,17H,5-6,10-11,19H2,1H3. The van der Waals surface area contributed by atoms with Gasteiger partial charge in [0.05, 0.1) is 12.8 Å². The Bertz CT molecular complexity index is 593. The summed E-state index contributed by atoms with van der Waals surface area (Å²) in [5.74, 6) is 1.00. The zero-order valence-corrected chi connectivity index (χ0v) is 13.8. The highest BCUT2D eigenvalue weighted by atomic mass is 79.9. The van der Waals surface area contributed by atoms with Gasteiger partial charge >= 0.3 is 0 Å². The van der Waals surface area contributed by atoms with E-state index in [1.54, 1.807) is 6.26 Å². The van der Waals surface area contributed by atoms with Crippen molar-refractivity contribution in [1.82, 2.24) is 4.90 Å². The average molecular weight is 349 g/mol. The van der Waals surface area contributed by atoms with E-state index in [0.717, 1.165) is 16.8 Å².